The summed E-state index contributed by atoms with van der Waals surface area (Å²) in [7, 11) is 0. The van der Waals surface area contributed by atoms with Gasteiger partial charge in [0.1, 0.15) is 0 Å². The topological polar surface area (TPSA) is 120 Å². The summed E-state index contributed by atoms with van der Waals surface area (Å²) in [6, 6.07) is 30.3. The summed E-state index contributed by atoms with van der Waals surface area (Å²) in [5.74, 6) is -2.55. The maximum absolute atomic E-state index is 13.1. The fourth-order valence-corrected chi connectivity index (χ4v) is 4.30. The van der Waals surface area contributed by atoms with E-state index in [1.54, 1.807) is 18.2 Å². The molecule has 1 aromatic heterocycles. The molecule has 0 atom stereocenters. The lowest BCUT2D eigenvalue weighted by Gasteiger charge is -2.13. The van der Waals surface area contributed by atoms with Crippen LogP contribution in [0.5, 0.6) is 0 Å². The number of carbonyl (C=O) groups is 4. The fourth-order valence-electron chi connectivity index (χ4n) is 4.30. The monoisotopic (exact) mass is 530 g/mol. The summed E-state index contributed by atoms with van der Waals surface area (Å²) in [4.78, 5) is 55.2. The van der Waals surface area contributed by atoms with Crippen molar-refractivity contribution in [2.45, 2.75) is 13.1 Å². The number of hydrogen-bond donors (Lipinski definition) is 4. The molecule has 0 radical (unpaired) electrons. The zero-order valence-corrected chi connectivity index (χ0v) is 21.4. The maximum Gasteiger partial charge on any atom is 0.296 e. The van der Waals surface area contributed by atoms with Crippen molar-refractivity contribution >= 4 is 40.1 Å². The van der Waals surface area contributed by atoms with Crippen molar-refractivity contribution in [3.05, 3.63) is 137 Å². The Balaban J connectivity index is 1.39. The minimum absolute atomic E-state index is 0.0520. The van der Waals surface area contributed by atoms with Gasteiger partial charge in [-0.15, -0.1) is 0 Å². The van der Waals surface area contributed by atoms with Gasteiger partial charge in [-0.1, -0.05) is 78.9 Å². The molecule has 3 amide bonds. The van der Waals surface area contributed by atoms with Gasteiger partial charge in [0.15, 0.2) is 0 Å². The Labute approximate surface area is 230 Å². The largest absolute Gasteiger partial charge is 0.360 e. The van der Waals surface area contributed by atoms with Crippen LogP contribution in [0.2, 0.25) is 0 Å². The number of amides is 3. The molecule has 4 aromatic carbocycles. The van der Waals surface area contributed by atoms with E-state index in [-0.39, 0.29) is 28.9 Å². The first-order valence-electron chi connectivity index (χ1n) is 12.7. The number of H-pyrrole nitrogens is 1. The van der Waals surface area contributed by atoms with E-state index >= 15 is 0 Å². The van der Waals surface area contributed by atoms with Crippen LogP contribution >= 0.6 is 0 Å². The number of carbonyl (C=O) groups excluding carboxylic acids is 4. The zero-order valence-electron chi connectivity index (χ0n) is 21.4. The second-order valence-corrected chi connectivity index (χ2v) is 9.13. The Kier molecular flexibility index (Phi) is 7.78. The highest BCUT2D eigenvalue weighted by Crippen LogP contribution is 2.22. The molecule has 4 N–H and O–H groups in total. The van der Waals surface area contributed by atoms with Gasteiger partial charge in [-0.25, -0.2) is 0 Å². The highest BCUT2D eigenvalue weighted by molar-refractivity contribution is 6.48. The first-order valence-corrected chi connectivity index (χ1v) is 12.7. The average molecular weight is 531 g/mol. The normalized spacial score (nSPS) is 10.6. The third kappa shape index (κ3) is 5.97. The third-order valence-corrected chi connectivity index (χ3v) is 6.41. The number of benzene rings is 4. The Morgan fingerprint density at radius 2 is 1.23 bits per heavy atom. The summed E-state index contributed by atoms with van der Waals surface area (Å²) < 4.78 is 0. The molecule has 40 heavy (non-hydrogen) atoms. The second-order valence-electron chi connectivity index (χ2n) is 9.13. The van der Waals surface area contributed by atoms with Crippen molar-refractivity contribution in [2.24, 2.45) is 0 Å². The molecule has 1 heterocycles. The summed E-state index contributed by atoms with van der Waals surface area (Å²) in [5, 5.41) is 8.83. The van der Waals surface area contributed by atoms with Gasteiger partial charge in [-0.3, -0.25) is 19.2 Å². The van der Waals surface area contributed by atoms with E-state index in [9.17, 15) is 19.2 Å². The van der Waals surface area contributed by atoms with Crippen molar-refractivity contribution in [2.75, 3.05) is 5.32 Å². The van der Waals surface area contributed by atoms with Crippen LogP contribution in [0.25, 0.3) is 10.9 Å². The Morgan fingerprint density at radius 3 is 1.90 bits per heavy atom. The fraction of sp³-hybridized carbons (Fsp3) is 0.0625. The van der Waals surface area contributed by atoms with Crippen molar-refractivity contribution in [1.82, 2.24) is 15.6 Å². The zero-order chi connectivity index (χ0) is 27.9. The van der Waals surface area contributed by atoms with Gasteiger partial charge in [0, 0.05) is 35.8 Å². The van der Waals surface area contributed by atoms with Gasteiger partial charge in [0.2, 0.25) is 0 Å². The van der Waals surface area contributed by atoms with Gasteiger partial charge in [-0.2, -0.15) is 0 Å². The highest BCUT2D eigenvalue weighted by Gasteiger charge is 2.23. The highest BCUT2D eigenvalue weighted by atomic mass is 16.2. The lowest BCUT2D eigenvalue weighted by Crippen LogP contribution is -2.28. The predicted molar refractivity (Wildman–Crippen MR) is 153 cm³/mol. The van der Waals surface area contributed by atoms with Crippen molar-refractivity contribution < 1.29 is 19.2 Å². The van der Waals surface area contributed by atoms with E-state index in [1.165, 1.54) is 24.4 Å². The quantitative estimate of drug-likeness (QED) is 0.161. The van der Waals surface area contributed by atoms with Gasteiger partial charge < -0.3 is 20.9 Å². The summed E-state index contributed by atoms with van der Waals surface area (Å²) in [6.45, 7) is 0.570. The number of aromatic amines is 1. The van der Waals surface area contributed by atoms with Gasteiger partial charge in [0.25, 0.3) is 23.5 Å². The number of ketones is 1. The van der Waals surface area contributed by atoms with E-state index in [4.69, 9.17) is 0 Å². The van der Waals surface area contributed by atoms with E-state index in [0.717, 1.165) is 16.6 Å². The average Bonchev–Trinajstić information content (AvgIpc) is 3.43. The van der Waals surface area contributed by atoms with E-state index < -0.39 is 23.5 Å². The molecule has 8 nitrogen and oxygen atoms in total. The maximum atomic E-state index is 13.1. The van der Waals surface area contributed by atoms with Crippen molar-refractivity contribution in [3.63, 3.8) is 0 Å². The molecular weight excluding hydrogens is 504 g/mol. The standard InChI is InChI=1S/C32H26N4O4/c37-29(26-20-33-27-14-8-7-13-24(26)27)32(40)36-28-17-23(30(38)34-18-21-9-3-1-4-10-21)15-16-25(28)31(39)35-19-22-11-5-2-6-12-22/h1-17,20,33H,18-19H2,(H,34,38)(H,35,39)(H,36,40). The van der Waals surface area contributed by atoms with Crippen LogP contribution in [0, 0.1) is 0 Å². The minimum Gasteiger partial charge on any atom is -0.360 e. The van der Waals surface area contributed by atoms with Gasteiger partial charge >= 0.3 is 0 Å². The lowest BCUT2D eigenvalue weighted by molar-refractivity contribution is -0.112. The van der Waals surface area contributed by atoms with Crippen LogP contribution in [0.4, 0.5) is 5.69 Å². The van der Waals surface area contributed by atoms with E-state index in [1.807, 2.05) is 66.7 Å². The number of nitrogens with one attached hydrogen (secondary N) is 4. The Hall–Kier alpha value is -5.50. The number of fused-ring (bicyclic) bond motifs is 1. The van der Waals surface area contributed by atoms with E-state index in [0.29, 0.717) is 11.9 Å². The van der Waals surface area contributed by atoms with Crippen LogP contribution < -0.4 is 16.0 Å². The molecule has 0 bridgehead atoms. The third-order valence-electron chi connectivity index (χ3n) is 6.41. The molecule has 0 fully saturated rings. The number of rotatable bonds is 9. The van der Waals surface area contributed by atoms with Crippen LogP contribution in [0.1, 0.15) is 42.2 Å². The number of aromatic nitrogens is 1. The first kappa shape index (κ1) is 26.1. The van der Waals surface area contributed by atoms with Crippen LogP contribution in [0.3, 0.4) is 0 Å². The van der Waals surface area contributed by atoms with Crippen molar-refractivity contribution in [1.29, 1.82) is 0 Å². The molecular formula is C32H26N4O4. The van der Waals surface area contributed by atoms with Crippen LogP contribution in [0.15, 0.2) is 109 Å². The Morgan fingerprint density at radius 1 is 0.625 bits per heavy atom. The van der Waals surface area contributed by atoms with Gasteiger partial charge in [0.05, 0.1) is 16.8 Å². The predicted octanol–water partition coefficient (Wildman–Crippen LogP) is 4.85. The van der Waals surface area contributed by atoms with Crippen LogP contribution in [-0.4, -0.2) is 28.5 Å². The summed E-state index contributed by atoms with van der Waals surface area (Å²) >= 11 is 0. The molecule has 8 heteroatoms. The summed E-state index contributed by atoms with van der Waals surface area (Å²) in [6.07, 6.45) is 1.48. The molecule has 0 unspecified atom stereocenters. The smallest absolute Gasteiger partial charge is 0.296 e. The first-order chi connectivity index (χ1) is 19.5. The molecule has 198 valence electrons. The molecule has 0 aliphatic heterocycles. The van der Waals surface area contributed by atoms with Crippen molar-refractivity contribution in [3.8, 4) is 0 Å². The lowest BCUT2D eigenvalue weighted by atomic mass is 10.1. The van der Waals surface area contributed by atoms with Crippen LogP contribution in [-0.2, 0) is 17.9 Å². The number of anilines is 1. The molecule has 0 aliphatic carbocycles. The molecule has 0 spiro atoms. The van der Waals surface area contributed by atoms with E-state index in [2.05, 4.69) is 20.9 Å². The molecule has 0 saturated carbocycles. The second kappa shape index (κ2) is 11.9. The molecule has 0 saturated heterocycles. The minimum atomic E-state index is -0.927. The van der Waals surface area contributed by atoms with Gasteiger partial charge in [-0.05, 0) is 35.4 Å². The number of hydrogen-bond acceptors (Lipinski definition) is 4. The number of para-hydroxylation sites is 1. The molecule has 5 aromatic rings. The molecule has 5 rings (SSSR count). The Bertz CT molecular complexity index is 1690. The SMILES string of the molecule is O=C(Nc1cc(C(=O)NCc2ccccc2)ccc1C(=O)NCc1ccccc1)C(=O)c1c[nH]c2ccccc12. The molecule has 0 aliphatic rings. The summed E-state index contributed by atoms with van der Waals surface area (Å²) in [5.41, 5.74) is 3.15. The number of Topliss-reactive ketones (excluding diaryl/α,β-unsaturated/α-hetero) is 1.